The van der Waals surface area contributed by atoms with Crippen LogP contribution >= 0.6 is 12.2 Å². The molecule has 112 valence electrons. The monoisotopic (exact) mass is 306 g/mol. The zero-order chi connectivity index (χ0) is 14.7. The van der Waals surface area contributed by atoms with Crippen molar-refractivity contribution in [2.75, 3.05) is 19.8 Å². The second-order valence-electron chi connectivity index (χ2n) is 5.14. The van der Waals surface area contributed by atoms with Crippen LogP contribution in [0.1, 0.15) is 12.8 Å². The first-order valence-electron chi connectivity index (χ1n) is 7.17. The highest BCUT2D eigenvalue weighted by molar-refractivity contribution is 7.71. The molecule has 2 heterocycles. The third-order valence-electron chi connectivity index (χ3n) is 3.66. The molecule has 21 heavy (non-hydrogen) atoms. The fourth-order valence-corrected chi connectivity index (χ4v) is 2.80. The number of rotatable bonds is 5. The number of benzene rings is 1. The predicted molar refractivity (Wildman–Crippen MR) is 83.2 cm³/mol. The summed E-state index contributed by atoms with van der Waals surface area (Å²) in [6, 6.07) is 7.41. The third kappa shape index (κ3) is 3.23. The van der Waals surface area contributed by atoms with Crippen LogP contribution in [0.5, 0.6) is 0 Å². The highest BCUT2D eigenvalue weighted by Gasteiger charge is 2.15. The molecule has 0 saturated carbocycles. The Morgan fingerprint density at radius 3 is 3.10 bits per heavy atom. The molecule has 5 nitrogen and oxygen atoms in total. The van der Waals surface area contributed by atoms with Crippen LogP contribution in [0, 0.1) is 4.77 Å². The summed E-state index contributed by atoms with van der Waals surface area (Å²) in [7, 11) is 0. The zero-order valence-electron chi connectivity index (χ0n) is 11.7. The number of fused-ring (bicyclic) bond motifs is 1. The van der Waals surface area contributed by atoms with Crippen molar-refractivity contribution < 1.29 is 9.47 Å². The molecule has 1 aliphatic heterocycles. The van der Waals surface area contributed by atoms with E-state index in [0.717, 1.165) is 25.0 Å². The standard InChI is InChI=1S/C15H18N2O3S/c18-14-12-4-1-2-5-13(12)16-15(21)17(14)7-3-8-20-11-6-9-19-10-11/h1-2,4-5,11H,3,6-10H2,(H,16,21)/t11-/m1/s1. The highest BCUT2D eigenvalue weighted by atomic mass is 32.1. The molecule has 0 unspecified atom stereocenters. The number of hydrogen-bond donors (Lipinski definition) is 1. The lowest BCUT2D eigenvalue weighted by Gasteiger charge is -2.11. The van der Waals surface area contributed by atoms with E-state index < -0.39 is 0 Å². The van der Waals surface area contributed by atoms with Crippen molar-refractivity contribution in [3.05, 3.63) is 39.4 Å². The Hall–Kier alpha value is -1.50. The summed E-state index contributed by atoms with van der Waals surface area (Å²) in [6.45, 7) is 2.63. The molecule has 1 saturated heterocycles. The molecule has 0 radical (unpaired) electrons. The maximum absolute atomic E-state index is 12.4. The maximum Gasteiger partial charge on any atom is 0.262 e. The normalized spacial score (nSPS) is 18.4. The van der Waals surface area contributed by atoms with Gasteiger partial charge in [0.1, 0.15) is 0 Å². The van der Waals surface area contributed by atoms with E-state index in [0.29, 0.717) is 29.9 Å². The molecule has 1 aromatic carbocycles. The van der Waals surface area contributed by atoms with Crippen LogP contribution in [0.2, 0.25) is 0 Å². The maximum atomic E-state index is 12.4. The molecule has 1 aromatic heterocycles. The minimum absolute atomic E-state index is 0.0430. The molecule has 1 atom stereocenters. The Kier molecular flexibility index (Phi) is 4.48. The number of nitrogens with zero attached hydrogens (tertiary/aromatic N) is 1. The molecule has 0 aliphatic carbocycles. The molecular weight excluding hydrogens is 288 g/mol. The summed E-state index contributed by atoms with van der Waals surface area (Å²) in [5.74, 6) is 0. The summed E-state index contributed by atoms with van der Waals surface area (Å²) in [5.41, 5.74) is 0.738. The number of aromatic amines is 1. The summed E-state index contributed by atoms with van der Waals surface area (Å²) < 4.78 is 13.0. The average Bonchev–Trinajstić information content (AvgIpc) is 2.99. The van der Waals surface area contributed by atoms with Gasteiger partial charge in [-0.25, -0.2) is 0 Å². The van der Waals surface area contributed by atoms with Crippen LogP contribution in [-0.2, 0) is 16.0 Å². The lowest BCUT2D eigenvalue weighted by Crippen LogP contribution is -2.23. The lowest BCUT2D eigenvalue weighted by molar-refractivity contribution is 0.0398. The summed E-state index contributed by atoms with van der Waals surface area (Å²) in [4.78, 5) is 15.5. The third-order valence-corrected chi connectivity index (χ3v) is 3.98. The highest BCUT2D eigenvalue weighted by Crippen LogP contribution is 2.09. The predicted octanol–water partition coefficient (Wildman–Crippen LogP) is 2.25. The Morgan fingerprint density at radius 1 is 1.43 bits per heavy atom. The number of H-pyrrole nitrogens is 1. The number of aromatic nitrogens is 2. The summed E-state index contributed by atoms with van der Waals surface area (Å²) in [6.07, 6.45) is 1.91. The molecular formula is C15H18N2O3S. The van der Waals surface area contributed by atoms with Gasteiger partial charge in [-0.3, -0.25) is 9.36 Å². The van der Waals surface area contributed by atoms with Gasteiger partial charge < -0.3 is 14.5 Å². The first kappa shape index (κ1) is 14.4. The van der Waals surface area contributed by atoms with E-state index >= 15 is 0 Å². The van der Waals surface area contributed by atoms with Gasteiger partial charge in [-0.1, -0.05) is 12.1 Å². The molecule has 1 fully saturated rings. The lowest BCUT2D eigenvalue weighted by atomic mass is 10.2. The van der Waals surface area contributed by atoms with E-state index in [-0.39, 0.29) is 11.7 Å². The molecule has 0 spiro atoms. The fourth-order valence-electron chi connectivity index (χ4n) is 2.52. The van der Waals surface area contributed by atoms with Crippen molar-refractivity contribution in [2.24, 2.45) is 0 Å². The van der Waals surface area contributed by atoms with Crippen LogP contribution in [0.3, 0.4) is 0 Å². The van der Waals surface area contributed by atoms with Crippen LogP contribution in [-0.4, -0.2) is 35.5 Å². The average molecular weight is 306 g/mol. The Bertz CT molecular complexity index is 732. The minimum atomic E-state index is -0.0430. The smallest absolute Gasteiger partial charge is 0.262 e. The van der Waals surface area contributed by atoms with E-state index in [9.17, 15) is 4.79 Å². The van der Waals surface area contributed by atoms with Gasteiger partial charge >= 0.3 is 0 Å². The minimum Gasteiger partial charge on any atom is -0.379 e. The second kappa shape index (κ2) is 6.51. The first-order valence-corrected chi connectivity index (χ1v) is 7.58. The van der Waals surface area contributed by atoms with E-state index in [2.05, 4.69) is 4.98 Å². The molecule has 0 amide bonds. The van der Waals surface area contributed by atoms with Crippen molar-refractivity contribution in [2.45, 2.75) is 25.5 Å². The number of para-hydroxylation sites is 1. The first-order chi connectivity index (χ1) is 10.3. The van der Waals surface area contributed by atoms with Gasteiger partial charge in [0.25, 0.3) is 5.56 Å². The molecule has 1 N–H and O–H groups in total. The summed E-state index contributed by atoms with van der Waals surface area (Å²) in [5, 5.41) is 0.663. The van der Waals surface area contributed by atoms with Gasteiger partial charge in [-0.15, -0.1) is 0 Å². The van der Waals surface area contributed by atoms with E-state index in [1.807, 2.05) is 24.3 Å². The fraction of sp³-hybridized carbons (Fsp3) is 0.467. The Balaban J connectivity index is 1.69. The topological polar surface area (TPSA) is 56.2 Å². The van der Waals surface area contributed by atoms with Crippen LogP contribution in [0.15, 0.2) is 29.1 Å². The Morgan fingerprint density at radius 2 is 2.29 bits per heavy atom. The summed E-state index contributed by atoms with van der Waals surface area (Å²) >= 11 is 5.27. The Labute approximate surface area is 127 Å². The molecule has 2 aromatic rings. The van der Waals surface area contributed by atoms with Crippen molar-refractivity contribution in [1.29, 1.82) is 0 Å². The second-order valence-corrected chi connectivity index (χ2v) is 5.53. The van der Waals surface area contributed by atoms with E-state index in [1.54, 1.807) is 4.57 Å². The van der Waals surface area contributed by atoms with Crippen molar-refractivity contribution in [3.8, 4) is 0 Å². The van der Waals surface area contributed by atoms with Crippen molar-refractivity contribution >= 4 is 23.1 Å². The van der Waals surface area contributed by atoms with Gasteiger partial charge in [-0.05, 0) is 37.2 Å². The van der Waals surface area contributed by atoms with Crippen LogP contribution in [0.25, 0.3) is 10.9 Å². The number of ether oxygens (including phenoxy) is 2. The van der Waals surface area contributed by atoms with Gasteiger partial charge in [0.15, 0.2) is 4.77 Å². The van der Waals surface area contributed by atoms with Crippen LogP contribution < -0.4 is 5.56 Å². The molecule has 3 rings (SSSR count). The van der Waals surface area contributed by atoms with Crippen molar-refractivity contribution in [3.63, 3.8) is 0 Å². The van der Waals surface area contributed by atoms with Gasteiger partial charge in [0.2, 0.25) is 0 Å². The van der Waals surface area contributed by atoms with Crippen molar-refractivity contribution in [1.82, 2.24) is 9.55 Å². The molecule has 6 heteroatoms. The van der Waals surface area contributed by atoms with Gasteiger partial charge in [0.05, 0.1) is 23.6 Å². The number of hydrogen-bond acceptors (Lipinski definition) is 4. The van der Waals surface area contributed by atoms with E-state index in [1.165, 1.54) is 0 Å². The van der Waals surface area contributed by atoms with Gasteiger partial charge in [0, 0.05) is 19.8 Å². The zero-order valence-corrected chi connectivity index (χ0v) is 12.5. The quantitative estimate of drug-likeness (QED) is 0.680. The SMILES string of the molecule is O=c1c2ccccc2[nH]c(=S)n1CCCO[C@@H]1CCOC1. The van der Waals surface area contributed by atoms with Gasteiger partial charge in [-0.2, -0.15) is 0 Å². The van der Waals surface area contributed by atoms with E-state index in [4.69, 9.17) is 21.7 Å². The van der Waals surface area contributed by atoms with Crippen LogP contribution in [0.4, 0.5) is 0 Å². The largest absolute Gasteiger partial charge is 0.379 e. The number of nitrogens with one attached hydrogen (secondary N) is 1. The molecule has 0 bridgehead atoms. The molecule has 1 aliphatic rings.